The van der Waals surface area contributed by atoms with E-state index in [0.717, 1.165) is 0 Å². The van der Waals surface area contributed by atoms with Crippen molar-refractivity contribution in [2.24, 2.45) is 29.1 Å². The minimum atomic E-state index is -1.94. The first-order valence-electron chi connectivity index (χ1n) is 12.2. The first kappa shape index (κ1) is 25.8. The Kier molecular flexibility index (Phi) is 5.79. The average molecular weight is 489 g/mol. The molecule has 0 bridgehead atoms. The molecule has 0 aliphatic heterocycles. The number of carbonyl (C=O) groups is 3. The lowest BCUT2D eigenvalue weighted by Gasteiger charge is -2.53. The van der Waals surface area contributed by atoms with Crippen LogP contribution in [0.5, 0.6) is 0 Å². The van der Waals surface area contributed by atoms with Crippen LogP contribution >= 0.6 is 0 Å². The van der Waals surface area contributed by atoms with Gasteiger partial charge in [0.1, 0.15) is 11.7 Å². The first-order valence-corrected chi connectivity index (χ1v) is 12.2. The van der Waals surface area contributed by atoms with Crippen LogP contribution in [0, 0.1) is 29.1 Å². The summed E-state index contributed by atoms with van der Waals surface area (Å²) in [6.45, 7) is 11.3. The number of fused-ring (bicyclic) bond motifs is 5. The normalized spacial score (nSPS) is 43.7. The molecule has 4 aliphatic rings. The van der Waals surface area contributed by atoms with Gasteiger partial charge in [-0.1, -0.05) is 39.0 Å². The Morgan fingerprint density at radius 2 is 1.83 bits per heavy atom. The van der Waals surface area contributed by atoms with Gasteiger partial charge in [0.25, 0.3) is 0 Å². The third-order valence-electron chi connectivity index (χ3n) is 9.26. The molecule has 0 aromatic carbocycles. The van der Waals surface area contributed by atoms with Crippen molar-refractivity contribution in [3.05, 3.63) is 34.9 Å². The lowest BCUT2D eigenvalue weighted by atomic mass is 9.59. The van der Waals surface area contributed by atoms with Gasteiger partial charge in [0.2, 0.25) is 0 Å². The highest BCUT2D eigenvalue weighted by atomic mass is 16.6. The predicted octanol–water partition coefficient (Wildman–Crippen LogP) is 2.02. The maximum atomic E-state index is 13.1. The van der Waals surface area contributed by atoms with Crippen molar-refractivity contribution in [2.45, 2.75) is 77.8 Å². The van der Waals surface area contributed by atoms with Crippen molar-refractivity contribution < 1.29 is 39.2 Å². The van der Waals surface area contributed by atoms with Crippen LogP contribution in [0.15, 0.2) is 34.9 Å². The lowest BCUT2D eigenvalue weighted by molar-refractivity contribution is -0.227. The highest BCUT2D eigenvalue weighted by Crippen LogP contribution is 2.77. The highest BCUT2D eigenvalue weighted by Gasteiger charge is 2.87. The zero-order chi connectivity index (χ0) is 26.3. The van der Waals surface area contributed by atoms with Crippen molar-refractivity contribution in [3.8, 4) is 0 Å². The number of hydrogen-bond donors (Lipinski definition) is 3. The number of aliphatic hydroxyl groups excluding tert-OH is 1. The van der Waals surface area contributed by atoms with Crippen LogP contribution in [-0.4, -0.2) is 62.6 Å². The first-order chi connectivity index (χ1) is 16.1. The summed E-state index contributed by atoms with van der Waals surface area (Å²) in [4.78, 5) is 38.4. The monoisotopic (exact) mass is 488 g/mol. The molecule has 0 spiro atoms. The third-order valence-corrected chi connectivity index (χ3v) is 9.26. The standard InChI is InChI=1S/C27H36O8/c1-8-13(2)23(31)34-22-15(4)26(33)18(20-24(6,7)27(20,22)35-16(5)29)10-17(12-28)11-25(32)19(26)9-14(3)21(25)30/h8-10,15,18-20,22,28,32-33H,11-12H2,1-7H3/b13-8+. The minimum Gasteiger partial charge on any atom is -0.454 e. The molecule has 192 valence electrons. The predicted molar refractivity (Wildman–Crippen MR) is 126 cm³/mol. The summed E-state index contributed by atoms with van der Waals surface area (Å²) in [5, 5.41) is 34.3. The number of aliphatic hydroxyl groups is 3. The summed E-state index contributed by atoms with van der Waals surface area (Å²) in [5.41, 5.74) is -4.47. The van der Waals surface area contributed by atoms with Gasteiger partial charge < -0.3 is 24.8 Å². The molecule has 0 amide bonds. The molecule has 8 nitrogen and oxygen atoms in total. The van der Waals surface area contributed by atoms with E-state index < -0.39 is 76.3 Å². The van der Waals surface area contributed by atoms with Gasteiger partial charge in [-0.2, -0.15) is 0 Å². The largest absolute Gasteiger partial charge is 0.454 e. The Labute approximate surface area is 205 Å². The molecule has 35 heavy (non-hydrogen) atoms. The van der Waals surface area contributed by atoms with Gasteiger partial charge in [-0.25, -0.2) is 4.79 Å². The molecule has 4 rings (SSSR count). The molecule has 3 N–H and O–H groups in total. The van der Waals surface area contributed by atoms with Gasteiger partial charge in [-0.3, -0.25) is 9.59 Å². The van der Waals surface area contributed by atoms with Gasteiger partial charge in [0.05, 0.1) is 12.2 Å². The third kappa shape index (κ3) is 3.12. The van der Waals surface area contributed by atoms with Gasteiger partial charge in [-0.15, -0.1) is 0 Å². The summed E-state index contributed by atoms with van der Waals surface area (Å²) in [6, 6.07) is 0. The Bertz CT molecular complexity index is 1080. The number of esters is 2. The van der Waals surface area contributed by atoms with Crippen LogP contribution in [0.2, 0.25) is 0 Å². The van der Waals surface area contributed by atoms with Gasteiger partial charge in [0.15, 0.2) is 11.4 Å². The summed E-state index contributed by atoms with van der Waals surface area (Å²) < 4.78 is 12.0. The van der Waals surface area contributed by atoms with Crippen LogP contribution in [0.1, 0.15) is 54.9 Å². The van der Waals surface area contributed by atoms with E-state index in [9.17, 15) is 29.7 Å². The summed E-state index contributed by atoms with van der Waals surface area (Å²) in [6.07, 6.45) is 3.79. The molecular weight excluding hydrogens is 452 g/mol. The number of Topliss-reactive ketones (excluding diaryl/α,β-unsaturated/α-hetero) is 1. The molecule has 0 saturated heterocycles. The summed E-state index contributed by atoms with van der Waals surface area (Å²) >= 11 is 0. The molecule has 0 radical (unpaired) electrons. The molecular formula is C27H36O8. The molecule has 0 aromatic heterocycles. The lowest BCUT2D eigenvalue weighted by Crippen LogP contribution is -2.66. The van der Waals surface area contributed by atoms with Crippen molar-refractivity contribution in [3.63, 3.8) is 0 Å². The fourth-order valence-corrected chi connectivity index (χ4v) is 7.39. The zero-order valence-electron chi connectivity index (χ0n) is 21.4. The topological polar surface area (TPSA) is 130 Å². The minimum absolute atomic E-state index is 0.123. The number of carbonyl (C=O) groups excluding carboxylic acids is 3. The van der Waals surface area contributed by atoms with Crippen molar-refractivity contribution >= 4 is 17.7 Å². The number of allylic oxidation sites excluding steroid dienone is 1. The van der Waals surface area contributed by atoms with Crippen LogP contribution in [0.3, 0.4) is 0 Å². The molecule has 4 aliphatic carbocycles. The molecule has 0 heterocycles. The second-order valence-corrected chi connectivity index (χ2v) is 11.3. The molecule has 8 unspecified atom stereocenters. The second kappa shape index (κ2) is 7.85. The van der Waals surface area contributed by atoms with Crippen molar-refractivity contribution in [2.75, 3.05) is 6.61 Å². The maximum Gasteiger partial charge on any atom is 0.333 e. The average Bonchev–Trinajstić information content (AvgIpc) is 3.21. The summed E-state index contributed by atoms with van der Waals surface area (Å²) in [5.74, 6) is -4.63. The quantitative estimate of drug-likeness (QED) is 0.311. The molecule has 0 aromatic rings. The van der Waals surface area contributed by atoms with E-state index in [0.29, 0.717) is 16.7 Å². The Morgan fingerprint density at radius 3 is 2.37 bits per heavy atom. The second-order valence-electron chi connectivity index (χ2n) is 11.3. The Morgan fingerprint density at radius 1 is 1.20 bits per heavy atom. The number of ether oxygens (including phenoxy) is 2. The molecule has 2 fully saturated rings. The van der Waals surface area contributed by atoms with Crippen LogP contribution < -0.4 is 0 Å². The molecule has 2 saturated carbocycles. The van der Waals surface area contributed by atoms with Crippen LogP contribution in [0.4, 0.5) is 0 Å². The SMILES string of the molecule is C/C=C(\C)C(=O)OC1C(C)C2(O)C(C=C(CO)CC3(O)C(=O)C(C)=CC32)C2C(C)(C)C12OC(C)=O. The van der Waals surface area contributed by atoms with Crippen LogP contribution in [0.25, 0.3) is 0 Å². The number of hydrogen-bond acceptors (Lipinski definition) is 8. The fraction of sp³-hybridized carbons (Fsp3) is 0.667. The molecule has 8 atom stereocenters. The van der Waals surface area contributed by atoms with E-state index in [1.165, 1.54) is 6.92 Å². The Balaban J connectivity index is 1.96. The maximum absolute atomic E-state index is 13.1. The van der Waals surface area contributed by atoms with E-state index in [1.807, 2.05) is 13.8 Å². The summed E-state index contributed by atoms with van der Waals surface area (Å²) in [7, 11) is 0. The van der Waals surface area contributed by atoms with Crippen molar-refractivity contribution in [1.29, 1.82) is 0 Å². The van der Waals surface area contributed by atoms with E-state index in [2.05, 4.69) is 0 Å². The van der Waals surface area contributed by atoms with Gasteiger partial charge >= 0.3 is 11.9 Å². The van der Waals surface area contributed by atoms with E-state index in [4.69, 9.17) is 9.47 Å². The number of rotatable bonds is 4. The number of ketones is 1. The van der Waals surface area contributed by atoms with Crippen LogP contribution in [-0.2, 0) is 23.9 Å². The van der Waals surface area contributed by atoms with E-state index in [-0.39, 0.29) is 6.42 Å². The smallest absolute Gasteiger partial charge is 0.333 e. The Hall–Kier alpha value is -2.29. The zero-order valence-corrected chi connectivity index (χ0v) is 21.4. The van der Waals surface area contributed by atoms with Gasteiger partial charge in [-0.05, 0) is 31.9 Å². The van der Waals surface area contributed by atoms with Gasteiger partial charge in [0, 0.05) is 48.0 Å². The highest BCUT2D eigenvalue weighted by molar-refractivity contribution is 6.04. The van der Waals surface area contributed by atoms with E-state index >= 15 is 0 Å². The van der Waals surface area contributed by atoms with E-state index in [1.54, 1.807) is 45.9 Å². The molecule has 8 heteroatoms. The van der Waals surface area contributed by atoms with Crippen molar-refractivity contribution in [1.82, 2.24) is 0 Å². The fourth-order valence-electron chi connectivity index (χ4n) is 7.39.